The van der Waals surface area contributed by atoms with Crippen LogP contribution in [0.3, 0.4) is 0 Å². The molecule has 1 aromatic heterocycles. The molecular formula is C15H19N3O. The second-order valence-electron chi connectivity index (χ2n) is 4.83. The van der Waals surface area contributed by atoms with Gasteiger partial charge in [0.05, 0.1) is 6.61 Å². The number of aliphatic hydroxyl groups is 1. The predicted octanol–water partition coefficient (Wildman–Crippen LogP) is 2.07. The molecular weight excluding hydrogens is 238 g/mol. The highest BCUT2D eigenvalue weighted by molar-refractivity contribution is 5.39. The van der Waals surface area contributed by atoms with E-state index in [1.165, 1.54) is 11.1 Å². The van der Waals surface area contributed by atoms with E-state index in [1.807, 2.05) is 26.0 Å². The maximum absolute atomic E-state index is 9.13. The molecule has 2 aromatic rings. The van der Waals surface area contributed by atoms with E-state index < -0.39 is 0 Å². The lowest BCUT2D eigenvalue weighted by molar-refractivity contribution is 0.281. The Morgan fingerprint density at radius 3 is 2.26 bits per heavy atom. The molecule has 0 atom stereocenters. The number of anilines is 1. The fraction of sp³-hybridized carbons (Fsp3) is 0.333. The van der Waals surface area contributed by atoms with Gasteiger partial charge in [0.1, 0.15) is 0 Å². The largest absolute Gasteiger partial charge is 0.392 e. The van der Waals surface area contributed by atoms with Crippen molar-refractivity contribution in [2.24, 2.45) is 0 Å². The van der Waals surface area contributed by atoms with Crippen LogP contribution in [0.5, 0.6) is 0 Å². The van der Waals surface area contributed by atoms with Gasteiger partial charge in [0.25, 0.3) is 0 Å². The van der Waals surface area contributed by atoms with Gasteiger partial charge in [0.15, 0.2) is 0 Å². The number of aliphatic hydroxyl groups excluding tert-OH is 1. The van der Waals surface area contributed by atoms with Gasteiger partial charge in [-0.15, -0.1) is 0 Å². The van der Waals surface area contributed by atoms with Crippen molar-refractivity contribution in [1.29, 1.82) is 0 Å². The second kappa shape index (κ2) is 5.36. The molecule has 100 valence electrons. The van der Waals surface area contributed by atoms with Crippen LogP contribution in [0, 0.1) is 20.8 Å². The number of aromatic nitrogens is 2. The van der Waals surface area contributed by atoms with Crippen molar-refractivity contribution in [3.05, 3.63) is 51.8 Å². The summed E-state index contributed by atoms with van der Waals surface area (Å²) in [6.07, 6.45) is 0.787. The summed E-state index contributed by atoms with van der Waals surface area (Å²) in [6.45, 7) is 6.04. The van der Waals surface area contributed by atoms with Gasteiger partial charge in [0.2, 0.25) is 5.95 Å². The number of rotatable bonds is 3. The lowest BCUT2D eigenvalue weighted by Gasteiger charge is -2.12. The van der Waals surface area contributed by atoms with Crippen molar-refractivity contribution in [2.75, 3.05) is 5.73 Å². The number of aryl methyl sites for hydroxylation is 3. The highest BCUT2D eigenvalue weighted by Crippen LogP contribution is 2.19. The molecule has 0 aliphatic carbocycles. The number of benzene rings is 1. The zero-order chi connectivity index (χ0) is 14.0. The van der Waals surface area contributed by atoms with Crippen molar-refractivity contribution < 1.29 is 5.11 Å². The minimum atomic E-state index is 0.0736. The summed E-state index contributed by atoms with van der Waals surface area (Å²) in [7, 11) is 0. The molecule has 0 saturated heterocycles. The molecule has 0 spiro atoms. The zero-order valence-corrected chi connectivity index (χ0v) is 11.6. The Hall–Kier alpha value is -1.94. The number of hydrogen-bond donors (Lipinski definition) is 2. The second-order valence-corrected chi connectivity index (χ2v) is 4.83. The third-order valence-electron chi connectivity index (χ3n) is 3.39. The monoisotopic (exact) mass is 257 g/mol. The van der Waals surface area contributed by atoms with E-state index in [-0.39, 0.29) is 6.61 Å². The van der Waals surface area contributed by atoms with Gasteiger partial charge in [-0.1, -0.05) is 18.2 Å². The first-order valence-electron chi connectivity index (χ1n) is 6.30. The normalized spacial score (nSPS) is 10.7. The first-order valence-corrected chi connectivity index (χ1v) is 6.30. The highest BCUT2D eigenvalue weighted by Gasteiger charge is 2.09. The smallest absolute Gasteiger partial charge is 0.220 e. The minimum absolute atomic E-state index is 0.0736. The van der Waals surface area contributed by atoms with Crippen LogP contribution in [0.1, 0.15) is 33.6 Å². The van der Waals surface area contributed by atoms with E-state index in [2.05, 4.69) is 23.0 Å². The van der Waals surface area contributed by atoms with Gasteiger partial charge >= 0.3 is 0 Å². The number of hydrogen-bond acceptors (Lipinski definition) is 4. The molecule has 2 rings (SSSR count). The molecule has 4 heteroatoms. The summed E-state index contributed by atoms with van der Waals surface area (Å²) in [6, 6.07) is 6.01. The maximum atomic E-state index is 9.13. The van der Waals surface area contributed by atoms with Gasteiger partial charge in [-0.25, -0.2) is 9.97 Å². The lowest BCUT2D eigenvalue weighted by Crippen LogP contribution is -2.06. The fourth-order valence-electron chi connectivity index (χ4n) is 2.27. The molecule has 19 heavy (non-hydrogen) atoms. The molecule has 1 heterocycles. The molecule has 0 bridgehead atoms. The summed E-state index contributed by atoms with van der Waals surface area (Å²) >= 11 is 0. The van der Waals surface area contributed by atoms with Crippen molar-refractivity contribution in [1.82, 2.24) is 9.97 Å². The molecule has 1 aromatic carbocycles. The Morgan fingerprint density at radius 2 is 1.74 bits per heavy atom. The molecule has 0 amide bonds. The minimum Gasteiger partial charge on any atom is -0.392 e. The Labute approximate surface area is 113 Å². The summed E-state index contributed by atoms with van der Waals surface area (Å²) < 4.78 is 0. The standard InChI is InChI=1S/C15H19N3O/c1-9-6-12(8-19)4-5-13(9)7-14-10(2)17-15(16)18-11(14)3/h4-6,19H,7-8H2,1-3H3,(H2,16,17,18). The number of nitrogens with zero attached hydrogens (tertiary/aromatic N) is 2. The Morgan fingerprint density at radius 1 is 1.11 bits per heavy atom. The molecule has 0 fully saturated rings. The van der Waals surface area contributed by atoms with Gasteiger partial charge in [0, 0.05) is 17.8 Å². The van der Waals surface area contributed by atoms with Crippen LogP contribution >= 0.6 is 0 Å². The van der Waals surface area contributed by atoms with Crippen LogP contribution in [-0.2, 0) is 13.0 Å². The number of nitrogens with two attached hydrogens (primary N) is 1. The van der Waals surface area contributed by atoms with Gasteiger partial charge in [-0.3, -0.25) is 0 Å². The van der Waals surface area contributed by atoms with Gasteiger partial charge < -0.3 is 10.8 Å². The summed E-state index contributed by atoms with van der Waals surface area (Å²) in [5.41, 5.74) is 11.9. The molecule has 3 N–H and O–H groups in total. The SMILES string of the molecule is Cc1cc(CO)ccc1Cc1c(C)nc(N)nc1C. The quantitative estimate of drug-likeness (QED) is 0.883. The van der Waals surface area contributed by atoms with Crippen LogP contribution in [0.15, 0.2) is 18.2 Å². The van der Waals surface area contributed by atoms with Crippen LogP contribution in [0.25, 0.3) is 0 Å². The fourth-order valence-corrected chi connectivity index (χ4v) is 2.27. The number of nitrogen functional groups attached to an aromatic ring is 1. The third-order valence-corrected chi connectivity index (χ3v) is 3.39. The molecule has 0 aliphatic heterocycles. The predicted molar refractivity (Wildman–Crippen MR) is 75.8 cm³/mol. The van der Waals surface area contributed by atoms with Crippen LogP contribution in [-0.4, -0.2) is 15.1 Å². The van der Waals surface area contributed by atoms with Crippen LogP contribution in [0.4, 0.5) is 5.95 Å². The van der Waals surface area contributed by atoms with Gasteiger partial charge in [-0.2, -0.15) is 0 Å². The summed E-state index contributed by atoms with van der Waals surface area (Å²) in [5, 5.41) is 9.13. The Balaban J connectivity index is 2.36. The maximum Gasteiger partial charge on any atom is 0.220 e. The van der Waals surface area contributed by atoms with Crippen molar-refractivity contribution >= 4 is 5.95 Å². The summed E-state index contributed by atoms with van der Waals surface area (Å²) in [5.74, 6) is 0.325. The first kappa shape index (κ1) is 13.5. The summed E-state index contributed by atoms with van der Waals surface area (Å²) in [4.78, 5) is 8.44. The highest BCUT2D eigenvalue weighted by atomic mass is 16.3. The Bertz CT molecular complexity index is 585. The van der Waals surface area contributed by atoms with Gasteiger partial charge in [-0.05, 0) is 43.0 Å². The first-order chi connectivity index (χ1) is 9.01. The van der Waals surface area contributed by atoms with Crippen LogP contribution < -0.4 is 5.73 Å². The molecule has 0 saturated carbocycles. The van der Waals surface area contributed by atoms with E-state index in [9.17, 15) is 0 Å². The lowest BCUT2D eigenvalue weighted by atomic mass is 9.97. The van der Waals surface area contributed by atoms with E-state index in [0.29, 0.717) is 5.95 Å². The van der Waals surface area contributed by atoms with Crippen molar-refractivity contribution in [3.63, 3.8) is 0 Å². The van der Waals surface area contributed by atoms with Crippen molar-refractivity contribution in [2.45, 2.75) is 33.8 Å². The average molecular weight is 257 g/mol. The average Bonchev–Trinajstić information content (AvgIpc) is 2.35. The van der Waals surface area contributed by atoms with E-state index in [1.54, 1.807) is 0 Å². The van der Waals surface area contributed by atoms with E-state index in [0.717, 1.165) is 28.9 Å². The topological polar surface area (TPSA) is 72.0 Å². The van der Waals surface area contributed by atoms with Crippen molar-refractivity contribution in [3.8, 4) is 0 Å². The Kier molecular flexibility index (Phi) is 3.81. The third kappa shape index (κ3) is 2.90. The van der Waals surface area contributed by atoms with E-state index >= 15 is 0 Å². The van der Waals surface area contributed by atoms with Crippen LogP contribution in [0.2, 0.25) is 0 Å². The molecule has 0 unspecified atom stereocenters. The molecule has 0 aliphatic rings. The molecule has 4 nitrogen and oxygen atoms in total. The van der Waals surface area contributed by atoms with E-state index in [4.69, 9.17) is 10.8 Å². The molecule has 0 radical (unpaired) electrons. The zero-order valence-electron chi connectivity index (χ0n) is 11.6.